The molecule has 0 bridgehead atoms. The van der Waals surface area contributed by atoms with Crippen molar-refractivity contribution < 1.29 is 27.4 Å². The van der Waals surface area contributed by atoms with E-state index in [0.717, 1.165) is 18.2 Å². The summed E-state index contributed by atoms with van der Waals surface area (Å²) in [4.78, 5) is 9.07. The Morgan fingerprint density at radius 3 is 2.57 bits per heavy atom. The van der Waals surface area contributed by atoms with E-state index in [-0.39, 0.29) is 23.7 Å². The van der Waals surface area contributed by atoms with Gasteiger partial charge in [-0.1, -0.05) is 24.8 Å². The van der Waals surface area contributed by atoms with Gasteiger partial charge in [0.25, 0.3) is 6.43 Å². The molecule has 2 aliphatic rings. The molecule has 2 saturated carbocycles. The first-order valence-electron chi connectivity index (χ1n) is 11.6. The van der Waals surface area contributed by atoms with E-state index in [1.165, 1.54) is 17.8 Å². The third-order valence-electron chi connectivity index (χ3n) is 6.09. The Morgan fingerprint density at radius 2 is 1.89 bits per heavy atom. The average molecular weight is 516 g/mol. The molecule has 12 heteroatoms. The molecule has 1 heterocycles. The van der Waals surface area contributed by atoms with Gasteiger partial charge >= 0.3 is 0 Å². The third-order valence-corrected chi connectivity index (χ3v) is 7.15. The van der Waals surface area contributed by atoms with E-state index in [1.54, 1.807) is 6.07 Å². The van der Waals surface area contributed by atoms with Crippen molar-refractivity contribution in [2.24, 2.45) is 0 Å². The van der Waals surface area contributed by atoms with Crippen LogP contribution < -0.4 is 16.4 Å². The molecule has 7 nitrogen and oxygen atoms in total. The number of hydrogen-bond acceptors (Lipinski definition) is 8. The largest absolute Gasteiger partial charge is 0.393 e. The van der Waals surface area contributed by atoms with Crippen LogP contribution in [-0.4, -0.2) is 58.2 Å². The number of aromatic nitrogens is 2. The standard InChI is InChI=1S/C23H29F4N5O2S/c1-2-5-35-23-31-21(29-12-7-17(33)18(8-12)34-10-19(26)27)20(28)22(32-23)30-16-9-13(16)11-3-4-14(24)15(25)6-11/h3-4,6,12-13,16-19,33H,2,5,7-10,28H2,1H3,(H2,29,30,31,32). The van der Waals surface area contributed by atoms with E-state index in [4.69, 9.17) is 10.5 Å². The molecule has 2 aliphatic carbocycles. The van der Waals surface area contributed by atoms with E-state index in [1.807, 2.05) is 6.92 Å². The van der Waals surface area contributed by atoms with Crippen LogP contribution in [0.25, 0.3) is 0 Å². The van der Waals surface area contributed by atoms with Gasteiger partial charge < -0.3 is 26.2 Å². The van der Waals surface area contributed by atoms with Gasteiger partial charge in [0.2, 0.25) is 0 Å². The lowest BCUT2D eigenvalue weighted by molar-refractivity contribution is -0.0615. The molecule has 0 aliphatic heterocycles. The topological polar surface area (TPSA) is 105 Å². The van der Waals surface area contributed by atoms with Crippen LogP contribution in [0.4, 0.5) is 34.9 Å². The molecule has 0 amide bonds. The second kappa shape index (κ2) is 11.2. The van der Waals surface area contributed by atoms with Gasteiger partial charge in [-0.05, 0) is 43.4 Å². The Bertz CT molecular complexity index is 1030. The van der Waals surface area contributed by atoms with E-state index in [9.17, 15) is 22.7 Å². The summed E-state index contributed by atoms with van der Waals surface area (Å²) in [5.74, 6) is -0.145. The number of anilines is 3. The number of nitrogen functional groups attached to an aromatic ring is 1. The van der Waals surface area contributed by atoms with Gasteiger partial charge in [-0.2, -0.15) is 0 Å². The fraction of sp³-hybridized carbons (Fsp3) is 0.565. The Hall–Kier alpha value is -2.31. The van der Waals surface area contributed by atoms with Gasteiger partial charge in [0.15, 0.2) is 28.4 Å². The molecule has 2 aromatic rings. The van der Waals surface area contributed by atoms with Gasteiger partial charge in [-0.15, -0.1) is 0 Å². The van der Waals surface area contributed by atoms with Gasteiger partial charge in [-0.3, -0.25) is 0 Å². The lowest BCUT2D eigenvalue weighted by Crippen LogP contribution is -2.25. The minimum Gasteiger partial charge on any atom is -0.393 e. The average Bonchev–Trinajstić information content (AvgIpc) is 3.49. The number of hydrogen-bond donors (Lipinski definition) is 4. The number of aliphatic hydroxyl groups excluding tert-OH is 1. The molecule has 192 valence electrons. The molecule has 5 unspecified atom stereocenters. The lowest BCUT2D eigenvalue weighted by Gasteiger charge is -2.18. The molecular weight excluding hydrogens is 486 g/mol. The number of thioether (sulfide) groups is 1. The first-order chi connectivity index (χ1) is 16.7. The van der Waals surface area contributed by atoms with Crippen molar-refractivity contribution in [2.45, 2.75) is 74.4 Å². The van der Waals surface area contributed by atoms with Crippen molar-refractivity contribution in [1.29, 1.82) is 0 Å². The maximum Gasteiger partial charge on any atom is 0.261 e. The summed E-state index contributed by atoms with van der Waals surface area (Å²) in [5.41, 5.74) is 7.35. The predicted octanol–water partition coefficient (Wildman–Crippen LogP) is 4.39. The predicted molar refractivity (Wildman–Crippen MR) is 127 cm³/mol. The number of nitrogens with zero attached hydrogens (tertiary/aromatic N) is 2. The highest BCUT2D eigenvalue weighted by Crippen LogP contribution is 2.44. The zero-order valence-corrected chi connectivity index (χ0v) is 20.0. The third kappa shape index (κ3) is 6.47. The summed E-state index contributed by atoms with van der Waals surface area (Å²) in [7, 11) is 0. The summed E-state index contributed by atoms with van der Waals surface area (Å²) in [5, 5.41) is 17.2. The summed E-state index contributed by atoms with van der Waals surface area (Å²) in [6.45, 7) is 1.31. The van der Waals surface area contributed by atoms with E-state index < -0.39 is 36.9 Å². The van der Waals surface area contributed by atoms with Crippen LogP contribution in [0.15, 0.2) is 23.4 Å². The van der Waals surface area contributed by atoms with Crippen molar-refractivity contribution in [3.8, 4) is 0 Å². The van der Waals surface area contributed by atoms with Crippen LogP contribution in [0.1, 0.15) is 44.1 Å². The number of aliphatic hydroxyl groups is 1. The zero-order chi connectivity index (χ0) is 25.1. The number of rotatable bonds is 11. The Morgan fingerprint density at radius 1 is 1.14 bits per heavy atom. The number of halogens is 4. The van der Waals surface area contributed by atoms with E-state index >= 15 is 0 Å². The molecule has 5 N–H and O–H groups in total. The highest BCUT2D eigenvalue weighted by molar-refractivity contribution is 7.99. The summed E-state index contributed by atoms with van der Waals surface area (Å²) < 4.78 is 57.0. The van der Waals surface area contributed by atoms with Crippen molar-refractivity contribution in [3.63, 3.8) is 0 Å². The maximum atomic E-state index is 13.6. The minimum absolute atomic E-state index is 0.000315. The first kappa shape index (κ1) is 25.8. The van der Waals surface area contributed by atoms with E-state index in [0.29, 0.717) is 41.6 Å². The number of nitrogens with two attached hydrogens (primary N) is 1. The Labute approximate surface area is 205 Å². The Kier molecular flexibility index (Phi) is 8.23. The minimum atomic E-state index is -2.60. The van der Waals surface area contributed by atoms with Crippen LogP contribution in [-0.2, 0) is 4.74 Å². The van der Waals surface area contributed by atoms with E-state index in [2.05, 4.69) is 20.6 Å². The quantitative estimate of drug-likeness (QED) is 0.198. The summed E-state index contributed by atoms with van der Waals surface area (Å²) >= 11 is 1.47. The first-order valence-corrected chi connectivity index (χ1v) is 12.6. The van der Waals surface area contributed by atoms with Gasteiger partial charge in [0, 0.05) is 23.8 Å². The second-order valence-electron chi connectivity index (χ2n) is 8.87. The normalized spacial score (nSPS) is 25.7. The number of alkyl halides is 2. The van der Waals surface area contributed by atoms with Crippen LogP contribution in [0.5, 0.6) is 0 Å². The Balaban J connectivity index is 1.47. The summed E-state index contributed by atoms with van der Waals surface area (Å²) in [6, 6.07) is 3.58. The number of benzene rings is 1. The van der Waals surface area contributed by atoms with Crippen molar-refractivity contribution >= 4 is 29.1 Å². The van der Waals surface area contributed by atoms with Crippen molar-refractivity contribution in [1.82, 2.24) is 9.97 Å². The summed E-state index contributed by atoms with van der Waals surface area (Å²) in [6.07, 6.45) is -1.90. The molecule has 0 saturated heterocycles. The molecule has 1 aromatic carbocycles. The number of ether oxygens (including phenoxy) is 1. The second-order valence-corrected chi connectivity index (χ2v) is 9.94. The highest BCUT2D eigenvalue weighted by Gasteiger charge is 2.40. The zero-order valence-electron chi connectivity index (χ0n) is 19.2. The van der Waals surface area contributed by atoms with Gasteiger partial charge in [0.1, 0.15) is 12.3 Å². The molecule has 35 heavy (non-hydrogen) atoms. The van der Waals surface area contributed by atoms with Crippen LogP contribution in [0, 0.1) is 11.6 Å². The monoisotopic (exact) mass is 515 g/mol. The smallest absolute Gasteiger partial charge is 0.261 e. The molecule has 2 fully saturated rings. The molecule has 4 rings (SSSR count). The molecule has 1 aromatic heterocycles. The maximum absolute atomic E-state index is 13.6. The molecule has 0 radical (unpaired) electrons. The van der Waals surface area contributed by atoms with Crippen LogP contribution in [0.3, 0.4) is 0 Å². The molecule has 0 spiro atoms. The van der Waals surface area contributed by atoms with Crippen LogP contribution in [0.2, 0.25) is 0 Å². The van der Waals surface area contributed by atoms with Crippen molar-refractivity contribution in [3.05, 3.63) is 35.4 Å². The fourth-order valence-corrected chi connectivity index (χ4v) is 4.93. The molecular formula is C23H29F4N5O2S. The highest BCUT2D eigenvalue weighted by atomic mass is 32.2. The van der Waals surface area contributed by atoms with Gasteiger partial charge in [0.05, 0.1) is 12.2 Å². The fourth-order valence-electron chi connectivity index (χ4n) is 4.23. The lowest BCUT2D eigenvalue weighted by atomic mass is 10.1. The SMILES string of the molecule is CCCSc1nc(NC2CC(O)C(OCC(F)F)C2)c(N)c(NC2CC2c2ccc(F)c(F)c2)n1. The van der Waals surface area contributed by atoms with Gasteiger partial charge in [-0.25, -0.2) is 27.5 Å². The van der Waals surface area contributed by atoms with Crippen LogP contribution >= 0.6 is 11.8 Å². The number of nitrogens with one attached hydrogen (secondary N) is 2. The molecule has 5 atom stereocenters. The van der Waals surface area contributed by atoms with Crippen molar-refractivity contribution in [2.75, 3.05) is 28.7 Å².